The second-order valence-electron chi connectivity index (χ2n) is 8.67. The highest BCUT2D eigenvalue weighted by atomic mass is 32.2. The monoisotopic (exact) mass is 508 g/mol. The van der Waals surface area contributed by atoms with Gasteiger partial charge < -0.3 is 10.1 Å². The van der Waals surface area contributed by atoms with E-state index in [4.69, 9.17) is 9.72 Å². The molecule has 1 N–H and O–H groups in total. The van der Waals surface area contributed by atoms with Crippen LogP contribution in [0.5, 0.6) is 5.75 Å². The van der Waals surface area contributed by atoms with Crippen molar-refractivity contribution in [2.24, 2.45) is 0 Å². The summed E-state index contributed by atoms with van der Waals surface area (Å²) in [5, 5.41) is 13.2. The van der Waals surface area contributed by atoms with Gasteiger partial charge in [0.25, 0.3) is 0 Å². The van der Waals surface area contributed by atoms with Gasteiger partial charge in [-0.25, -0.2) is 9.97 Å². The summed E-state index contributed by atoms with van der Waals surface area (Å²) in [6.07, 6.45) is 2.27. The third-order valence-electron chi connectivity index (χ3n) is 5.93. The van der Waals surface area contributed by atoms with Gasteiger partial charge in [-0.15, -0.1) is 0 Å². The van der Waals surface area contributed by atoms with Crippen LogP contribution in [0.4, 0.5) is 5.82 Å². The average molecular weight is 509 g/mol. The highest BCUT2D eigenvalue weighted by Crippen LogP contribution is 2.37. The van der Waals surface area contributed by atoms with E-state index in [2.05, 4.69) is 16.4 Å². The smallest absolute Gasteiger partial charge is 0.239 e. The van der Waals surface area contributed by atoms with Crippen LogP contribution >= 0.6 is 11.8 Å². The van der Waals surface area contributed by atoms with Crippen molar-refractivity contribution in [1.82, 2.24) is 9.97 Å². The normalized spacial score (nSPS) is 11.4. The van der Waals surface area contributed by atoms with Gasteiger partial charge in [0.1, 0.15) is 22.7 Å². The molecule has 1 unspecified atom stereocenters. The topological polar surface area (TPSA) is 87.9 Å². The first-order valence-electron chi connectivity index (χ1n) is 12.0. The molecule has 0 bridgehead atoms. The maximum Gasteiger partial charge on any atom is 0.239 e. The first-order chi connectivity index (χ1) is 17.9. The number of amides is 1. The minimum absolute atomic E-state index is 0.179. The molecule has 0 saturated carbocycles. The van der Waals surface area contributed by atoms with Crippen molar-refractivity contribution in [2.75, 3.05) is 12.4 Å². The lowest BCUT2D eigenvalue weighted by Crippen LogP contribution is -2.25. The highest BCUT2D eigenvalue weighted by Gasteiger charge is 2.24. The molecule has 0 spiro atoms. The summed E-state index contributed by atoms with van der Waals surface area (Å²) < 4.78 is 5.30. The molecule has 4 rings (SSSR count). The number of benzene rings is 2. The maximum atomic E-state index is 13.2. The van der Waals surface area contributed by atoms with Crippen LogP contribution in [0.1, 0.15) is 30.0 Å². The van der Waals surface area contributed by atoms with Crippen LogP contribution in [0.2, 0.25) is 0 Å². The molecular formula is C30H28N4O2S. The predicted molar refractivity (Wildman–Crippen MR) is 149 cm³/mol. The number of thioether (sulfide) groups is 1. The molecule has 0 aliphatic carbocycles. The largest absolute Gasteiger partial charge is 0.497 e. The molecule has 186 valence electrons. The van der Waals surface area contributed by atoms with E-state index in [9.17, 15) is 10.1 Å². The van der Waals surface area contributed by atoms with E-state index in [0.717, 1.165) is 39.3 Å². The fraction of sp³-hybridized carbons (Fsp3) is 0.200. The quantitative estimate of drug-likeness (QED) is 0.263. The minimum atomic E-state index is -0.459. The minimum Gasteiger partial charge on any atom is -0.497 e. The van der Waals surface area contributed by atoms with E-state index in [1.165, 1.54) is 11.8 Å². The Morgan fingerprint density at radius 3 is 2.30 bits per heavy atom. The van der Waals surface area contributed by atoms with Crippen LogP contribution in [0, 0.1) is 25.2 Å². The molecule has 6 nitrogen and oxygen atoms in total. The zero-order valence-corrected chi connectivity index (χ0v) is 22.1. The zero-order valence-electron chi connectivity index (χ0n) is 21.3. The number of ether oxygens (including phenoxy) is 1. The number of carbonyl (C=O) groups excluding carboxylic acids is 1. The number of nitrogens with zero attached hydrogens (tertiary/aromatic N) is 3. The van der Waals surface area contributed by atoms with Crippen LogP contribution in [0.3, 0.4) is 0 Å². The Bertz CT molecular complexity index is 1430. The van der Waals surface area contributed by atoms with E-state index in [0.29, 0.717) is 22.8 Å². The van der Waals surface area contributed by atoms with Crippen LogP contribution < -0.4 is 10.1 Å². The third kappa shape index (κ3) is 6.16. The Kier molecular flexibility index (Phi) is 8.22. The Morgan fingerprint density at radius 1 is 1.03 bits per heavy atom. The number of rotatable bonds is 8. The summed E-state index contributed by atoms with van der Waals surface area (Å²) in [5.74, 6) is 1.06. The van der Waals surface area contributed by atoms with E-state index in [1.807, 2.05) is 81.4 Å². The Morgan fingerprint density at radius 2 is 1.70 bits per heavy atom. The molecule has 37 heavy (non-hydrogen) atoms. The van der Waals surface area contributed by atoms with Gasteiger partial charge in [-0.05, 0) is 67.8 Å². The molecule has 1 atom stereocenters. The van der Waals surface area contributed by atoms with Gasteiger partial charge >= 0.3 is 0 Å². The lowest BCUT2D eigenvalue weighted by atomic mass is 9.98. The van der Waals surface area contributed by atoms with Gasteiger partial charge in [0.05, 0.1) is 23.6 Å². The number of aromatic nitrogens is 2. The molecule has 0 radical (unpaired) electrons. The highest BCUT2D eigenvalue weighted by molar-refractivity contribution is 8.00. The molecule has 1 amide bonds. The van der Waals surface area contributed by atoms with E-state index in [-0.39, 0.29) is 5.91 Å². The van der Waals surface area contributed by atoms with Gasteiger partial charge in [0.15, 0.2) is 0 Å². The molecule has 0 aliphatic heterocycles. The lowest BCUT2D eigenvalue weighted by molar-refractivity contribution is -0.115. The fourth-order valence-corrected chi connectivity index (χ4v) is 4.82. The second kappa shape index (κ2) is 11.7. The van der Waals surface area contributed by atoms with Crippen molar-refractivity contribution < 1.29 is 9.53 Å². The zero-order chi connectivity index (χ0) is 26.4. The molecule has 0 fully saturated rings. The van der Waals surface area contributed by atoms with Crippen LogP contribution in [0.15, 0.2) is 78.0 Å². The van der Waals surface area contributed by atoms with Gasteiger partial charge in [0, 0.05) is 17.3 Å². The molecule has 2 aromatic carbocycles. The summed E-state index contributed by atoms with van der Waals surface area (Å²) in [4.78, 5) is 22.3. The Hall–Kier alpha value is -4.15. The number of pyridine rings is 2. The summed E-state index contributed by atoms with van der Waals surface area (Å²) >= 11 is 1.30. The number of nitriles is 1. The van der Waals surface area contributed by atoms with Gasteiger partial charge in [-0.2, -0.15) is 5.26 Å². The number of methoxy groups -OCH3 is 1. The van der Waals surface area contributed by atoms with E-state index < -0.39 is 5.25 Å². The lowest BCUT2D eigenvalue weighted by Gasteiger charge is -2.17. The van der Waals surface area contributed by atoms with Crippen molar-refractivity contribution >= 4 is 23.5 Å². The van der Waals surface area contributed by atoms with E-state index in [1.54, 1.807) is 19.4 Å². The number of hydrogen-bond donors (Lipinski definition) is 1. The fourth-order valence-electron chi connectivity index (χ4n) is 3.79. The molecular weight excluding hydrogens is 480 g/mol. The number of hydrogen-bond acceptors (Lipinski definition) is 6. The molecule has 2 heterocycles. The van der Waals surface area contributed by atoms with Crippen molar-refractivity contribution in [2.45, 2.75) is 37.5 Å². The van der Waals surface area contributed by atoms with E-state index >= 15 is 0 Å². The Labute approximate surface area is 221 Å². The standard InChI is InChI=1S/C30H28N4O2S/c1-5-27(29(35)34-28-15-8-20(3)18-32-28)37-30-25(17-31)24(21-9-6-19(2)7-10-21)16-26(33-30)22-11-13-23(36-4)14-12-22/h6-16,18,27H,5H2,1-4H3,(H,32,34,35). The summed E-state index contributed by atoms with van der Waals surface area (Å²) in [6, 6.07) is 23.7. The van der Waals surface area contributed by atoms with Crippen LogP contribution in [0.25, 0.3) is 22.4 Å². The van der Waals surface area contributed by atoms with Crippen LogP contribution in [-0.4, -0.2) is 28.2 Å². The van der Waals surface area contributed by atoms with Crippen molar-refractivity contribution in [3.63, 3.8) is 0 Å². The number of anilines is 1. The molecule has 2 aromatic heterocycles. The van der Waals surface area contributed by atoms with Crippen LogP contribution in [-0.2, 0) is 4.79 Å². The molecule has 7 heteroatoms. The molecule has 0 saturated heterocycles. The first-order valence-corrected chi connectivity index (χ1v) is 12.9. The van der Waals surface area contributed by atoms with Gasteiger partial charge in [0.2, 0.25) is 5.91 Å². The maximum absolute atomic E-state index is 13.2. The third-order valence-corrected chi connectivity index (χ3v) is 7.28. The number of carbonyl (C=O) groups is 1. The second-order valence-corrected chi connectivity index (χ2v) is 9.86. The average Bonchev–Trinajstić information content (AvgIpc) is 2.92. The molecule has 0 aliphatic rings. The summed E-state index contributed by atoms with van der Waals surface area (Å²) in [7, 11) is 1.63. The number of aryl methyl sites for hydroxylation is 2. The number of nitrogens with one attached hydrogen (secondary N) is 1. The Balaban J connectivity index is 1.76. The predicted octanol–water partition coefficient (Wildman–Crippen LogP) is 6.82. The SMILES string of the molecule is CCC(Sc1nc(-c2ccc(OC)cc2)cc(-c2ccc(C)cc2)c1C#N)C(=O)Nc1ccc(C)cn1. The summed E-state index contributed by atoms with van der Waals surface area (Å²) in [5.41, 5.74) is 5.90. The van der Waals surface area contributed by atoms with Crippen molar-refractivity contribution in [3.8, 4) is 34.2 Å². The van der Waals surface area contributed by atoms with Crippen molar-refractivity contribution in [1.29, 1.82) is 5.26 Å². The van der Waals surface area contributed by atoms with Gasteiger partial charge in [-0.1, -0.05) is 54.6 Å². The summed E-state index contributed by atoms with van der Waals surface area (Å²) in [6.45, 7) is 5.92. The first kappa shape index (κ1) is 25.9. The molecule has 4 aromatic rings. The van der Waals surface area contributed by atoms with Gasteiger partial charge in [-0.3, -0.25) is 4.79 Å². The van der Waals surface area contributed by atoms with Crippen molar-refractivity contribution in [3.05, 3.63) is 89.6 Å².